The number of aryl methyl sites for hydroxylation is 1. The molecule has 4 nitrogen and oxygen atoms in total. The van der Waals surface area contributed by atoms with Crippen molar-refractivity contribution in [3.8, 4) is 0 Å². The number of likely N-dealkylation sites (N-methyl/N-ethyl adjacent to an activating group) is 1. The molecule has 1 N–H and O–H groups in total. The number of carbonyl (C=O) groups excluding carboxylic acids is 2. The molecule has 0 aromatic heterocycles. The first-order valence-electron chi connectivity index (χ1n) is 7.32. The molecule has 0 aliphatic heterocycles. The molecule has 0 unspecified atom stereocenters. The van der Waals surface area contributed by atoms with Crippen LogP contribution < -0.4 is 10.2 Å². The van der Waals surface area contributed by atoms with Gasteiger partial charge in [0.1, 0.15) is 0 Å². The summed E-state index contributed by atoms with van der Waals surface area (Å²) in [5.74, 6) is -0.355. The Kier molecular flexibility index (Phi) is 5.31. The third-order valence-corrected chi connectivity index (χ3v) is 3.48. The van der Waals surface area contributed by atoms with Gasteiger partial charge in [0, 0.05) is 17.8 Å². The fourth-order valence-electron chi connectivity index (χ4n) is 2.29. The molecule has 2 amide bonds. The summed E-state index contributed by atoms with van der Waals surface area (Å²) in [7, 11) is 0. The van der Waals surface area contributed by atoms with E-state index in [1.54, 1.807) is 11.0 Å². The monoisotopic (exact) mass is 296 g/mol. The second kappa shape index (κ2) is 7.41. The van der Waals surface area contributed by atoms with Gasteiger partial charge in [-0.3, -0.25) is 9.59 Å². The zero-order valence-corrected chi connectivity index (χ0v) is 12.9. The zero-order valence-electron chi connectivity index (χ0n) is 12.9. The van der Waals surface area contributed by atoms with Crippen LogP contribution in [0.5, 0.6) is 0 Å². The Labute approximate surface area is 130 Å². The Morgan fingerprint density at radius 3 is 2.27 bits per heavy atom. The molecule has 0 saturated heterocycles. The van der Waals surface area contributed by atoms with Crippen LogP contribution in [0.15, 0.2) is 54.6 Å². The second-order valence-electron chi connectivity index (χ2n) is 4.97. The number of hydrogen-bond acceptors (Lipinski definition) is 2. The summed E-state index contributed by atoms with van der Waals surface area (Å²) in [6.07, 6.45) is 0. The zero-order chi connectivity index (χ0) is 15.9. The van der Waals surface area contributed by atoms with Crippen LogP contribution in [0.1, 0.15) is 22.8 Å². The molecule has 0 heterocycles. The normalized spacial score (nSPS) is 10.1. The molecule has 0 spiro atoms. The van der Waals surface area contributed by atoms with Gasteiger partial charge in [-0.15, -0.1) is 0 Å². The van der Waals surface area contributed by atoms with Gasteiger partial charge in [-0.05, 0) is 37.6 Å². The molecule has 0 fully saturated rings. The fourth-order valence-corrected chi connectivity index (χ4v) is 2.29. The molecule has 22 heavy (non-hydrogen) atoms. The Hall–Kier alpha value is -2.62. The highest BCUT2D eigenvalue weighted by atomic mass is 16.2. The number of para-hydroxylation sites is 1. The van der Waals surface area contributed by atoms with Crippen molar-refractivity contribution < 1.29 is 9.59 Å². The SMILES string of the molecule is CCN(C(=O)CNC(=O)c1ccccc1C)c1ccccc1. The first kappa shape index (κ1) is 15.8. The number of amides is 2. The van der Waals surface area contributed by atoms with Gasteiger partial charge >= 0.3 is 0 Å². The standard InChI is InChI=1S/C18H20N2O2/c1-3-20(15-10-5-4-6-11-15)17(21)13-19-18(22)16-12-8-7-9-14(16)2/h4-12H,3,13H2,1-2H3,(H,19,22). The fraction of sp³-hybridized carbons (Fsp3) is 0.222. The van der Waals surface area contributed by atoms with Crippen LogP contribution in [0.3, 0.4) is 0 Å². The maximum Gasteiger partial charge on any atom is 0.251 e. The van der Waals surface area contributed by atoms with Crippen molar-refractivity contribution in [2.24, 2.45) is 0 Å². The van der Waals surface area contributed by atoms with Crippen molar-refractivity contribution in [1.82, 2.24) is 5.32 Å². The topological polar surface area (TPSA) is 49.4 Å². The summed E-state index contributed by atoms with van der Waals surface area (Å²) >= 11 is 0. The van der Waals surface area contributed by atoms with Gasteiger partial charge in [0.15, 0.2) is 0 Å². The smallest absolute Gasteiger partial charge is 0.251 e. The summed E-state index contributed by atoms with van der Waals surface area (Å²) in [6.45, 7) is 4.33. The van der Waals surface area contributed by atoms with Crippen LogP contribution in [0.25, 0.3) is 0 Å². The molecule has 0 aliphatic carbocycles. The minimum atomic E-state index is -0.226. The van der Waals surface area contributed by atoms with Crippen LogP contribution in [-0.2, 0) is 4.79 Å². The number of benzene rings is 2. The molecule has 114 valence electrons. The molecular formula is C18H20N2O2. The van der Waals surface area contributed by atoms with Gasteiger partial charge in [-0.2, -0.15) is 0 Å². The van der Waals surface area contributed by atoms with E-state index in [9.17, 15) is 9.59 Å². The molecule has 2 aromatic carbocycles. The molecule has 0 radical (unpaired) electrons. The third-order valence-electron chi connectivity index (χ3n) is 3.48. The van der Waals surface area contributed by atoms with E-state index in [0.29, 0.717) is 12.1 Å². The van der Waals surface area contributed by atoms with Crippen LogP contribution in [0, 0.1) is 6.92 Å². The van der Waals surface area contributed by atoms with Crippen LogP contribution in [0.2, 0.25) is 0 Å². The first-order valence-corrected chi connectivity index (χ1v) is 7.32. The lowest BCUT2D eigenvalue weighted by molar-refractivity contribution is -0.117. The van der Waals surface area contributed by atoms with Crippen molar-refractivity contribution in [3.63, 3.8) is 0 Å². The van der Waals surface area contributed by atoms with Crippen LogP contribution >= 0.6 is 0 Å². The number of anilines is 1. The summed E-state index contributed by atoms with van der Waals surface area (Å²) in [5.41, 5.74) is 2.32. The van der Waals surface area contributed by atoms with E-state index < -0.39 is 0 Å². The van der Waals surface area contributed by atoms with E-state index in [0.717, 1.165) is 11.3 Å². The van der Waals surface area contributed by atoms with E-state index in [1.807, 2.05) is 62.4 Å². The third kappa shape index (κ3) is 3.73. The second-order valence-corrected chi connectivity index (χ2v) is 4.97. The largest absolute Gasteiger partial charge is 0.343 e. The molecule has 0 atom stereocenters. The maximum atomic E-state index is 12.3. The number of rotatable bonds is 5. The van der Waals surface area contributed by atoms with E-state index in [1.165, 1.54) is 0 Å². The number of nitrogens with zero attached hydrogens (tertiary/aromatic N) is 1. The molecule has 0 bridgehead atoms. The molecule has 0 saturated carbocycles. The van der Waals surface area contributed by atoms with Crippen LogP contribution in [-0.4, -0.2) is 24.9 Å². The molecule has 2 rings (SSSR count). The summed E-state index contributed by atoms with van der Waals surface area (Å²) in [5, 5.41) is 2.69. The lowest BCUT2D eigenvalue weighted by Gasteiger charge is -2.21. The molecule has 2 aromatic rings. The van der Waals surface area contributed by atoms with Gasteiger partial charge in [0.2, 0.25) is 5.91 Å². The summed E-state index contributed by atoms with van der Waals surface area (Å²) < 4.78 is 0. The molecule has 4 heteroatoms. The highest BCUT2D eigenvalue weighted by Gasteiger charge is 2.15. The Bertz CT molecular complexity index is 653. The highest BCUT2D eigenvalue weighted by Crippen LogP contribution is 2.13. The predicted octanol–water partition coefficient (Wildman–Crippen LogP) is 2.78. The predicted molar refractivity (Wildman–Crippen MR) is 88.0 cm³/mol. The first-order chi connectivity index (χ1) is 10.6. The Morgan fingerprint density at radius 2 is 1.64 bits per heavy atom. The van der Waals surface area contributed by atoms with Crippen molar-refractivity contribution in [2.75, 3.05) is 18.0 Å². The van der Waals surface area contributed by atoms with Crippen molar-refractivity contribution in [3.05, 3.63) is 65.7 Å². The lowest BCUT2D eigenvalue weighted by Crippen LogP contribution is -2.40. The quantitative estimate of drug-likeness (QED) is 0.922. The van der Waals surface area contributed by atoms with E-state index in [2.05, 4.69) is 5.32 Å². The molecule has 0 aliphatic rings. The van der Waals surface area contributed by atoms with Gasteiger partial charge in [-0.25, -0.2) is 0 Å². The Morgan fingerprint density at radius 1 is 1.00 bits per heavy atom. The number of hydrogen-bond donors (Lipinski definition) is 1. The summed E-state index contributed by atoms with van der Waals surface area (Å²) in [6, 6.07) is 16.8. The lowest BCUT2D eigenvalue weighted by atomic mass is 10.1. The van der Waals surface area contributed by atoms with Gasteiger partial charge in [-0.1, -0.05) is 36.4 Å². The van der Waals surface area contributed by atoms with E-state index in [-0.39, 0.29) is 18.4 Å². The molecular weight excluding hydrogens is 276 g/mol. The maximum absolute atomic E-state index is 12.3. The van der Waals surface area contributed by atoms with Crippen molar-refractivity contribution in [1.29, 1.82) is 0 Å². The minimum absolute atomic E-state index is 0.0180. The van der Waals surface area contributed by atoms with E-state index in [4.69, 9.17) is 0 Å². The minimum Gasteiger partial charge on any atom is -0.343 e. The van der Waals surface area contributed by atoms with E-state index >= 15 is 0 Å². The average Bonchev–Trinajstić information content (AvgIpc) is 2.55. The van der Waals surface area contributed by atoms with Gasteiger partial charge in [0.25, 0.3) is 5.91 Å². The Balaban J connectivity index is 2.00. The number of nitrogens with one attached hydrogen (secondary N) is 1. The number of carbonyl (C=O) groups is 2. The van der Waals surface area contributed by atoms with Crippen molar-refractivity contribution in [2.45, 2.75) is 13.8 Å². The van der Waals surface area contributed by atoms with Crippen molar-refractivity contribution >= 4 is 17.5 Å². The summed E-state index contributed by atoms with van der Waals surface area (Å²) in [4.78, 5) is 26.1. The highest BCUT2D eigenvalue weighted by molar-refractivity contribution is 6.00. The van der Waals surface area contributed by atoms with Crippen LogP contribution in [0.4, 0.5) is 5.69 Å². The van der Waals surface area contributed by atoms with Gasteiger partial charge in [0.05, 0.1) is 6.54 Å². The average molecular weight is 296 g/mol. The van der Waals surface area contributed by atoms with Gasteiger partial charge < -0.3 is 10.2 Å².